The Kier molecular flexibility index (Phi) is 4.11. The summed E-state index contributed by atoms with van der Waals surface area (Å²) in [5, 5.41) is 9.57. The SMILES string of the molecule is N#CC1CCN(C(=O)c2c(Cl)cccc2Cl)CC1. The predicted octanol–water partition coefficient (Wildman–Crippen LogP) is 3.37. The van der Waals surface area contributed by atoms with Crippen LogP contribution in [-0.4, -0.2) is 23.9 Å². The Morgan fingerprint density at radius 2 is 1.83 bits per heavy atom. The number of hydrogen-bond donors (Lipinski definition) is 0. The van der Waals surface area contributed by atoms with Gasteiger partial charge in [0.15, 0.2) is 0 Å². The molecule has 0 atom stereocenters. The smallest absolute Gasteiger partial charge is 0.256 e. The van der Waals surface area contributed by atoms with Crippen molar-refractivity contribution in [3.63, 3.8) is 0 Å². The molecule has 1 aliphatic heterocycles. The molecular weight excluding hydrogens is 271 g/mol. The van der Waals surface area contributed by atoms with Crippen LogP contribution in [0.15, 0.2) is 18.2 Å². The maximum absolute atomic E-state index is 12.3. The third kappa shape index (κ3) is 2.60. The van der Waals surface area contributed by atoms with Crippen LogP contribution < -0.4 is 0 Å². The number of carbonyl (C=O) groups is 1. The lowest BCUT2D eigenvalue weighted by Gasteiger charge is -2.29. The normalized spacial score (nSPS) is 16.4. The predicted molar refractivity (Wildman–Crippen MR) is 70.7 cm³/mol. The first kappa shape index (κ1) is 13.2. The average Bonchev–Trinajstić information content (AvgIpc) is 2.38. The largest absolute Gasteiger partial charge is 0.338 e. The highest BCUT2D eigenvalue weighted by molar-refractivity contribution is 6.39. The zero-order valence-corrected chi connectivity index (χ0v) is 11.2. The third-order valence-electron chi connectivity index (χ3n) is 3.14. The number of nitrogens with zero attached hydrogens (tertiary/aromatic N) is 2. The van der Waals surface area contributed by atoms with Crippen LogP contribution in [0.4, 0.5) is 0 Å². The molecule has 1 saturated heterocycles. The van der Waals surface area contributed by atoms with Crippen LogP contribution >= 0.6 is 23.2 Å². The molecule has 0 unspecified atom stereocenters. The summed E-state index contributed by atoms with van der Waals surface area (Å²) in [7, 11) is 0. The number of amides is 1. The Morgan fingerprint density at radius 3 is 2.33 bits per heavy atom. The second-order valence-electron chi connectivity index (χ2n) is 4.29. The molecule has 0 N–H and O–H groups in total. The van der Waals surface area contributed by atoms with E-state index >= 15 is 0 Å². The minimum Gasteiger partial charge on any atom is -0.338 e. The Hall–Kier alpha value is -1.24. The Labute approximate surface area is 116 Å². The number of rotatable bonds is 1. The van der Waals surface area contributed by atoms with E-state index < -0.39 is 0 Å². The molecule has 2 rings (SSSR count). The van der Waals surface area contributed by atoms with E-state index in [1.165, 1.54) is 0 Å². The molecule has 0 spiro atoms. The van der Waals surface area contributed by atoms with Crippen LogP contribution in [0.5, 0.6) is 0 Å². The van der Waals surface area contributed by atoms with Gasteiger partial charge in [0.1, 0.15) is 0 Å². The number of hydrogen-bond acceptors (Lipinski definition) is 2. The first-order valence-electron chi connectivity index (χ1n) is 5.76. The molecule has 1 aromatic carbocycles. The van der Waals surface area contributed by atoms with Crippen molar-refractivity contribution in [1.29, 1.82) is 5.26 Å². The summed E-state index contributed by atoms with van der Waals surface area (Å²) in [5.41, 5.74) is 0.358. The number of likely N-dealkylation sites (tertiary alicyclic amines) is 1. The fraction of sp³-hybridized carbons (Fsp3) is 0.385. The molecule has 1 aliphatic rings. The van der Waals surface area contributed by atoms with Crippen molar-refractivity contribution in [2.75, 3.05) is 13.1 Å². The van der Waals surface area contributed by atoms with E-state index in [1.54, 1.807) is 23.1 Å². The van der Waals surface area contributed by atoms with Crippen LogP contribution in [0, 0.1) is 17.2 Å². The lowest BCUT2D eigenvalue weighted by Crippen LogP contribution is -2.38. The summed E-state index contributed by atoms with van der Waals surface area (Å²) in [6, 6.07) is 7.26. The molecule has 1 heterocycles. The van der Waals surface area contributed by atoms with Gasteiger partial charge in [0.25, 0.3) is 5.91 Å². The first-order valence-corrected chi connectivity index (χ1v) is 6.52. The van der Waals surface area contributed by atoms with E-state index in [4.69, 9.17) is 28.5 Å². The van der Waals surface area contributed by atoms with Gasteiger partial charge in [-0.2, -0.15) is 5.26 Å². The summed E-state index contributed by atoms with van der Waals surface area (Å²) in [5.74, 6) is -0.0993. The van der Waals surface area contributed by atoms with Gasteiger partial charge in [-0.25, -0.2) is 0 Å². The van der Waals surface area contributed by atoms with E-state index in [0.717, 1.165) is 0 Å². The first-order chi connectivity index (χ1) is 8.63. The quantitative estimate of drug-likeness (QED) is 0.793. The summed E-state index contributed by atoms with van der Waals surface area (Å²) in [4.78, 5) is 14.0. The van der Waals surface area contributed by atoms with Gasteiger partial charge >= 0.3 is 0 Å². The van der Waals surface area contributed by atoms with Crippen LogP contribution in [0.2, 0.25) is 10.0 Å². The van der Waals surface area contributed by atoms with Crippen molar-refractivity contribution >= 4 is 29.1 Å². The summed E-state index contributed by atoms with van der Waals surface area (Å²) in [6.45, 7) is 1.16. The third-order valence-corrected chi connectivity index (χ3v) is 3.77. The fourth-order valence-corrected chi connectivity index (χ4v) is 2.63. The van der Waals surface area contributed by atoms with Gasteiger partial charge in [0.05, 0.1) is 21.7 Å². The molecule has 0 bridgehead atoms. The van der Waals surface area contributed by atoms with Gasteiger partial charge in [-0.1, -0.05) is 29.3 Å². The molecule has 1 aromatic rings. The number of piperidine rings is 1. The minimum atomic E-state index is -0.151. The Morgan fingerprint density at radius 1 is 1.28 bits per heavy atom. The zero-order valence-electron chi connectivity index (χ0n) is 9.70. The average molecular weight is 283 g/mol. The van der Waals surface area contributed by atoms with Crippen molar-refractivity contribution in [3.8, 4) is 6.07 Å². The van der Waals surface area contributed by atoms with Gasteiger partial charge in [-0.05, 0) is 25.0 Å². The molecule has 0 aliphatic carbocycles. The molecule has 0 aromatic heterocycles. The molecule has 0 saturated carbocycles. The van der Waals surface area contributed by atoms with Gasteiger partial charge in [-0.3, -0.25) is 4.79 Å². The highest BCUT2D eigenvalue weighted by atomic mass is 35.5. The maximum Gasteiger partial charge on any atom is 0.256 e. The summed E-state index contributed by atoms with van der Waals surface area (Å²) >= 11 is 12.0. The van der Waals surface area contributed by atoms with Crippen LogP contribution in [0.25, 0.3) is 0 Å². The van der Waals surface area contributed by atoms with Gasteiger partial charge in [-0.15, -0.1) is 0 Å². The number of benzene rings is 1. The number of nitriles is 1. The van der Waals surface area contributed by atoms with E-state index in [0.29, 0.717) is 41.5 Å². The molecule has 5 heteroatoms. The highest BCUT2D eigenvalue weighted by Gasteiger charge is 2.25. The Bertz CT molecular complexity index is 482. The number of carbonyl (C=O) groups excluding carboxylic acids is 1. The van der Waals surface area contributed by atoms with Crippen LogP contribution in [0.1, 0.15) is 23.2 Å². The highest BCUT2D eigenvalue weighted by Crippen LogP contribution is 2.27. The fourth-order valence-electron chi connectivity index (χ4n) is 2.07. The van der Waals surface area contributed by atoms with Crippen molar-refractivity contribution in [2.24, 2.45) is 5.92 Å². The van der Waals surface area contributed by atoms with Crippen LogP contribution in [0.3, 0.4) is 0 Å². The van der Waals surface area contributed by atoms with E-state index in [9.17, 15) is 4.79 Å². The number of halogens is 2. The second kappa shape index (κ2) is 5.60. The minimum absolute atomic E-state index is 0.0516. The van der Waals surface area contributed by atoms with Crippen molar-refractivity contribution in [3.05, 3.63) is 33.8 Å². The molecular formula is C13H12Cl2N2O. The second-order valence-corrected chi connectivity index (χ2v) is 5.11. The topological polar surface area (TPSA) is 44.1 Å². The van der Waals surface area contributed by atoms with Crippen molar-refractivity contribution < 1.29 is 4.79 Å². The van der Waals surface area contributed by atoms with Gasteiger partial charge in [0, 0.05) is 19.0 Å². The van der Waals surface area contributed by atoms with E-state index in [1.807, 2.05) is 0 Å². The van der Waals surface area contributed by atoms with Crippen molar-refractivity contribution in [2.45, 2.75) is 12.8 Å². The zero-order chi connectivity index (χ0) is 13.1. The molecule has 1 amide bonds. The van der Waals surface area contributed by atoms with Crippen molar-refractivity contribution in [1.82, 2.24) is 4.90 Å². The van der Waals surface area contributed by atoms with E-state index in [-0.39, 0.29) is 11.8 Å². The van der Waals surface area contributed by atoms with Crippen LogP contribution in [-0.2, 0) is 0 Å². The lowest BCUT2D eigenvalue weighted by molar-refractivity contribution is 0.0707. The van der Waals surface area contributed by atoms with Gasteiger partial charge < -0.3 is 4.90 Å². The monoisotopic (exact) mass is 282 g/mol. The molecule has 18 heavy (non-hydrogen) atoms. The van der Waals surface area contributed by atoms with E-state index in [2.05, 4.69) is 6.07 Å². The molecule has 1 fully saturated rings. The molecule has 0 radical (unpaired) electrons. The Balaban J connectivity index is 2.16. The maximum atomic E-state index is 12.3. The molecule has 3 nitrogen and oxygen atoms in total. The standard InChI is InChI=1S/C13H12Cl2N2O/c14-10-2-1-3-11(15)12(10)13(18)17-6-4-9(8-16)5-7-17/h1-3,9H,4-7H2. The lowest BCUT2D eigenvalue weighted by atomic mass is 9.98. The van der Waals surface area contributed by atoms with Gasteiger partial charge in [0.2, 0.25) is 0 Å². The summed E-state index contributed by atoms with van der Waals surface area (Å²) < 4.78 is 0. The molecule has 94 valence electrons. The summed E-state index contributed by atoms with van der Waals surface area (Å²) in [6.07, 6.45) is 1.43.